The molecule has 1 aliphatic carbocycles. The zero-order valence-corrected chi connectivity index (χ0v) is 13.0. The van der Waals surface area contributed by atoms with Gasteiger partial charge >= 0.3 is 6.18 Å². The van der Waals surface area contributed by atoms with E-state index in [1.807, 2.05) is 0 Å². The highest BCUT2D eigenvalue weighted by Crippen LogP contribution is 2.40. The van der Waals surface area contributed by atoms with Crippen molar-refractivity contribution in [1.82, 2.24) is 10.2 Å². The van der Waals surface area contributed by atoms with Gasteiger partial charge in [0.1, 0.15) is 6.04 Å². The molecular formula is C15H21F3N2O3. The van der Waals surface area contributed by atoms with E-state index in [-0.39, 0.29) is 37.5 Å². The van der Waals surface area contributed by atoms with Crippen LogP contribution in [0.25, 0.3) is 0 Å². The minimum Gasteiger partial charge on any atom is -0.330 e. The molecule has 0 radical (unpaired) electrons. The zero-order valence-electron chi connectivity index (χ0n) is 13.0. The highest BCUT2D eigenvalue weighted by Gasteiger charge is 2.42. The van der Waals surface area contributed by atoms with E-state index in [1.54, 1.807) is 6.92 Å². The molecule has 0 unspecified atom stereocenters. The van der Waals surface area contributed by atoms with E-state index in [1.165, 1.54) is 4.90 Å². The Bertz CT molecular complexity index is 485. The predicted molar refractivity (Wildman–Crippen MR) is 75.1 cm³/mol. The first-order valence-corrected chi connectivity index (χ1v) is 7.92. The molecule has 0 spiro atoms. The number of nitrogens with one attached hydrogen (secondary N) is 1. The van der Waals surface area contributed by atoms with Crippen molar-refractivity contribution in [2.24, 2.45) is 11.8 Å². The van der Waals surface area contributed by atoms with Crippen molar-refractivity contribution in [1.29, 1.82) is 0 Å². The average Bonchev–Trinajstić information content (AvgIpc) is 2.78. The van der Waals surface area contributed by atoms with Crippen LogP contribution < -0.4 is 5.32 Å². The fourth-order valence-electron chi connectivity index (χ4n) is 3.42. The standard InChI is InChI=1S/C15H21F3N2O3/c1-2-20(11-8-12(21)19-14(11)23)13(22)7-9-3-5-10(6-4-9)15(16,17)18/h9-11H,2-8H2,1H3,(H,19,21,23)/t9?,10?,11-/m0/s1. The molecule has 2 rings (SSSR count). The molecule has 8 heteroatoms. The molecule has 23 heavy (non-hydrogen) atoms. The lowest BCUT2D eigenvalue weighted by atomic mass is 9.80. The first-order valence-electron chi connectivity index (χ1n) is 7.92. The van der Waals surface area contributed by atoms with Gasteiger partial charge in [-0.3, -0.25) is 19.7 Å². The summed E-state index contributed by atoms with van der Waals surface area (Å²) in [6.45, 7) is 2.01. The number of carbonyl (C=O) groups is 3. The molecule has 5 nitrogen and oxygen atoms in total. The van der Waals surface area contributed by atoms with E-state index in [2.05, 4.69) is 5.32 Å². The van der Waals surface area contributed by atoms with Crippen LogP contribution in [0.2, 0.25) is 0 Å². The molecule has 1 saturated heterocycles. The highest BCUT2D eigenvalue weighted by atomic mass is 19.4. The molecule has 0 bridgehead atoms. The van der Waals surface area contributed by atoms with E-state index >= 15 is 0 Å². The molecule has 0 aromatic heterocycles. The Morgan fingerprint density at radius 1 is 1.22 bits per heavy atom. The third-order valence-corrected chi connectivity index (χ3v) is 4.75. The van der Waals surface area contributed by atoms with Crippen molar-refractivity contribution in [3.63, 3.8) is 0 Å². The Morgan fingerprint density at radius 3 is 2.26 bits per heavy atom. The largest absolute Gasteiger partial charge is 0.391 e. The van der Waals surface area contributed by atoms with Crippen molar-refractivity contribution in [3.8, 4) is 0 Å². The van der Waals surface area contributed by atoms with E-state index in [0.717, 1.165) is 0 Å². The van der Waals surface area contributed by atoms with E-state index in [0.29, 0.717) is 19.4 Å². The maximum Gasteiger partial charge on any atom is 0.391 e. The lowest BCUT2D eigenvalue weighted by Gasteiger charge is -2.32. The first kappa shape index (κ1) is 17.7. The van der Waals surface area contributed by atoms with Crippen LogP contribution >= 0.6 is 0 Å². The third-order valence-electron chi connectivity index (χ3n) is 4.75. The Morgan fingerprint density at radius 2 is 1.83 bits per heavy atom. The number of nitrogens with zero attached hydrogens (tertiary/aromatic N) is 1. The quantitative estimate of drug-likeness (QED) is 0.800. The molecule has 1 aliphatic heterocycles. The van der Waals surface area contributed by atoms with Crippen LogP contribution in [0, 0.1) is 11.8 Å². The monoisotopic (exact) mass is 334 g/mol. The van der Waals surface area contributed by atoms with Crippen molar-refractivity contribution in [2.75, 3.05) is 6.54 Å². The number of carbonyl (C=O) groups excluding carboxylic acids is 3. The minimum absolute atomic E-state index is 0.0424. The Labute approximate surface area is 132 Å². The summed E-state index contributed by atoms with van der Waals surface area (Å²) in [5.41, 5.74) is 0. The summed E-state index contributed by atoms with van der Waals surface area (Å²) in [6, 6.07) is -0.786. The number of amides is 3. The predicted octanol–water partition coefficient (Wildman–Crippen LogP) is 2.01. The molecule has 1 atom stereocenters. The van der Waals surface area contributed by atoms with Crippen LogP contribution in [-0.4, -0.2) is 41.4 Å². The lowest BCUT2D eigenvalue weighted by molar-refractivity contribution is -0.184. The van der Waals surface area contributed by atoms with Crippen LogP contribution in [0.15, 0.2) is 0 Å². The number of likely N-dealkylation sites (N-methyl/N-ethyl adjacent to an activating group) is 1. The summed E-state index contributed by atoms with van der Waals surface area (Å²) < 4.78 is 37.9. The van der Waals surface area contributed by atoms with E-state index in [9.17, 15) is 27.6 Å². The molecule has 1 saturated carbocycles. The highest BCUT2D eigenvalue weighted by molar-refractivity contribution is 6.06. The van der Waals surface area contributed by atoms with Gasteiger partial charge in [-0.2, -0.15) is 13.2 Å². The summed E-state index contributed by atoms with van der Waals surface area (Å²) in [6.07, 6.45) is -3.24. The maximum absolute atomic E-state index is 12.6. The molecule has 1 heterocycles. The maximum atomic E-state index is 12.6. The summed E-state index contributed by atoms with van der Waals surface area (Å²) >= 11 is 0. The van der Waals surface area contributed by atoms with Crippen molar-refractivity contribution >= 4 is 17.7 Å². The van der Waals surface area contributed by atoms with Gasteiger partial charge in [-0.05, 0) is 38.5 Å². The van der Waals surface area contributed by atoms with E-state index in [4.69, 9.17) is 0 Å². The lowest BCUT2D eigenvalue weighted by Crippen LogP contribution is -2.45. The van der Waals surface area contributed by atoms with Gasteiger partial charge in [0, 0.05) is 13.0 Å². The van der Waals surface area contributed by atoms with Crippen LogP contribution in [0.1, 0.15) is 45.4 Å². The smallest absolute Gasteiger partial charge is 0.330 e. The Hall–Kier alpha value is -1.60. The van der Waals surface area contributed by atoms with Gasteiger partial charge in [0.05, 0.1) is 12.3 Å². The summed E-state index contributed by atoms with van der Waals surface area (Å²) in [5.74, 6) is -2.51. The second-order valence-electron chi connectivity index (χ2n) is 6.28. The van der Waals surface area contributed by atoms with Crippen LogP contribution in [0.3, 0.4) is 0 Å². The number of rotatable bonds is 4. The average molecular weight is 334 g/mol. The summed E-state index contributed by atoms with van der Waals surface area (Å²) in [7, 11) is 0. The van der Waals surface area contributed by atoms with Crippen LogP contribution in [-0.2, 0) is 14.4 Å². The topological polar surface area (TPSA) is 66.5 Å². The summed E-state index contributed by atoms with van der Waals surface area (Å²) in [4.78, 5) is 36.7. The van der Waals surface area contributed by atoms with Gasteiger partial charge in [-0.25, -0.2) is 0 Å². The molecule has 0 aromatic rings. The number of hydrogen-bond donors (Lipinski definition) is 1. The second kappa shape index (κ2) is 6.88. The van der Waals surface area contributed by atoms with Gasteiger partial charge in [0.2, 0.25) is 17.7 Å². The molecule has 2 fully saturated rings. The van der Waals surface area contributed by atoms with Crippen LogP contribution in [0.5, 0.6) is 0 Å². The minimum atomic E-state index is -4.16. The van der Waals surface area contributed by atoms with E-state index < -0.39 is 30.0 Å². The summed E-state index contributed by atoms with van der Waals surface area (Å²) in [5, 5.41) is 2.17. The molecular weight excluding hydrogens is 313 g/mol. The van der Waals surface area contributed by atoms with Crippen LogP contribution in [0.4, 0.5) is 13.2 Å². The van der Waals surface area contributed by atoms with Crippen molar-refractivity contribution < 1.29 is 27.6 Å². The molecule has 2 aliphatic rings. The molecule has 3 amide bonds. The Kier molecular flexibility index (Phi) is 5.31. The fraction of sp³-hybridized carbons (Fsp3) is 0.800. The number of halogens is 3. The van der Waals surface area contributed by atoms with Gasteiger partial charge in [-0.15, -0.1) is 0 Å². The SMILES string of the molecule is CCN(C(=O)CC1CCC(C(F)(F)F)CC1)[C@H]1CC(=O)NC1=O. The van der Waals surface area contributed by atoms with Crippen molar-refractivity contribution in [3.05, 3.63) is 0 Å². The van der Waals surface area contributed by atoms with Gasteiger partial charge in [0.15, 0.2) is 0 Å². The number of alkyl halides is 3. The Balaban J connectivity index is 1.89. The first-order chi connectivity index (χ1) is 10.7. The zero-order chi connectivity index (χ0) is 17.2. The van der Waals surface area contributed by atoms with Gasteiger partial charge in [0.25, 0.3) is 0 Å². The molecule has 130 valence electrons. The third kappa shape index (κ3) is 4.23. The molecule has 0 aromatic carbocycles. The number of imide groups is 1. The van der Waals surface area contributed by atoms with Crippen molar-refractivity contribution in [2.45, 2.75) is 57.7 Å². The second-order valence-corrected chi connectivity index (χ2v) is 6.28. The molecule has 1 N–H and O–H groups in total. The van der Waals surface area contributed by atoms with Gasteiger partial charge in [-0.1, -0.05) is 0 Å². The normalized spacial score (nSPS) is 28.6. The van der Waals surface area contributed by atoms with Gasteiger partial charge < -0.3 is 4.90 Å². The number of hydrogen-bond acceptors (Lipinski definition) is 3. The fourth-order valence-corrected chi connectivity index (χ4v) is 3.42.